The summed E-state index contributed by atoms with van der Waals surface area (Å²) in [5.74, 6) is 0.733. The summed E-state index contributed by atoms with van der Waals surface area (Å²) >= 11 is 1.32. The van der Waals surface area contributed by atoms with Crippen LogP contribution in [0.4, 0.5) is 10.8 Å². The minimum Gasteiger partial charge on any atom is -0.482 e. The summed E-state index contributed by atoms with van der Waals surface area (Å²) in [6, 6.07) is 8.94. The lowest BCUT2D eigenvalue weighted by atomic mass is 10.1. The number of thiazole rings is 1. The first-order valence-electron chi connectivity index (χ1n) is 7.72. The fraction of sp³-hybridized carbons (Fsp3) is 0.0556. The minimum atomic E-state index is -0.298. The average molecular weight is 367 g/mol. The highest BCUT2D eigenvalue weighted by Gasteiger charge is 2.17. The van der Waals surface area contributed by atoms with Gasteiger partial charge in [-0.25, -0.2) is 4.98 Å². The first-order valence-corrected chi connectivity index (χ1v) is 8.60. The fourth-order valence-corrected chi connectivity index (χ4v) is 3.12. The molecule has 2 N–H and O–H groups in total. The van der Waals surface area contributed by atoms with Gasteiger partial charge in [0.2, 0.25) is 5.91 Å². The van der Waals surface area contributed by atoms with E-state index in [4.69, 9.17) is 9.15 Å². The van der Waals surface area contributed by atoms with E-state index in [0.29, 0.717) is 28.0 Å². The number of furan rings is 1. The van der Waals surface area contributed by atoms with E-state index >= 15 is 0 Å². The van der Waals surface area contributed by atoms with Crippen molar-refractivity contribution in [2.45, 2.75) is 0 Å². The maximum absolute atomic E-state index is 11.9. The van der Waals surface area contributed by atoms with Crippen molar-refractivity contribution in [2.24, 2.45) is 0 Å². The highest BCUT2D eigenvalue weighted by atomic mass is 32.1. The second kappa shape index (κ2) is 6.85. The second-order valence-corrected chi connectivity index (χ2v) is 6.28. The fourth-order valence-electron chi connectivity index (χ4n) is 2.40. The number of hydrogen-bond donors (Lipinski definition) is 2. The van der Waals surface area contributed by atoms with Gasteiger partial charge in [-0.05, 0) is 36.4 Å². The molecule has 4 rings (SSSR count). The maximum Gasteiger partial charge on any atom is 0.262 e. The number of carbonyl (C=O) groups is 2. The molecular weight excluding hydrogens is 354 g/mol. The highest BCUT2D eigenvalue weighted by Crippen LogP contribution is 2.33. The summed E-state index contributed by atoms with van der Waals surface area (Å²) in [7, 11) is 0. The largest absolute Gasteiger partial charge is 0.482 e. The highest BCUT2D eigenvalue weighted by molar-refractivity contribution is 7.14. The number of carbonyl (C=O) groups excluding carboxylic acids is 2. The van der Waals surface area contributed by atoms with Gasteiger partial charge in [0.05, 0.1) is 17.6 Å². The Hall–Kier alpha value is -3.39. The number of anilines is 2. The number of amides is 2. The number of rotatable bonds is 4. The van der Waals surface area contributed by atoms with Crippen molar-refractivity contribution in [3.63, 3.8) is 0 Å². The number of hydrogen-bond acceptors (Lipinski definition) is 6. The van der Waals surface area contributed by atoms with Crippen LogP contribution in [0.25, 0.3) is 17.3 Å². The lowest BCUT2D eigenvalue weighted by Gasteiger charge is -2.18. The van der Waals surface area contributed by atoms with Crippen molar-refractivity contribution in [1.82, 2.24) is 4.98 Å². The first kappa shape index (κ1) is 16.1. The van der Waals surface area contributed by atoms with Gasteiger partial charge in [-0.15, -0.1) is 11.3 Å². The molecule has 8 heteroatoms. The van der Waals surface area contributed by atoms with E-state index in [1.165, 1.54) is 23.7 Å². The van der Waals surface area contributed by atoms with Gasteiger partial charge in [0.15, 0.2) is 11.7 Å². The standard InChI is InChI=1S/C18H13N3O4S/c22-16(6-4-12-2-1-7-24-12)21-18-20-14(10-26-18)11-3-5-15-13(8-11)19-17(23)9-25-15/h1-8,10H,9H2,(H,19,23)(H,20,21,22)/b6-4+. The second-order valence-electron chi connectivity index (χ2n) is 5.42. The summed E-state index contributed by atoms with van der Waals surface area (Å²) in [4.78, 5) is 27.8. The number of benzene rings is 1. The third-order valence-electron chi connectivity index (χ3n) is 3.58. The molecular formula is C18H13N3O4S. The molecule has 0 atom stereocenters. The smallest absolute Gasteiger partial charge is 0.262 e. The predicted molar refractivity (Wildman–Crippen MR) is 98.0 cm³/mol. The van der Waals surface area contributed by atoms with Crippen LogP contribution >= 0.6 is 11.3 Å². The number of ether oxygens (including phenoxy) is 1. The van der Waals surface area contributed by atoms with Crippen LogP contribution in [-0.2, 0) is 9.59 Å². The molecule has 0 saturated carbocycles. The van der Waals surface area contributed by atoms with Crippen molar-refractivity contribution in [2.75, 3.05) is 17.2 Å². The van der Waals surface area contributed by atoms with Gasteiger partial charge in [-0.1, -0.05) is 0 Å². The number of nitrogens with one attached hydrogen (secondary N) is 2. The molecule has 1 aromatic carbocycles. The molecule has 1 aliphatic heterocycles. The molecule has 0 aliphatic carbocycles. The topological polar surface area (TPSA) is 93.5 Å². The third-order valence-corrected chi connectivity index (χ3v) is 4.34. The summed E-state index contributed by atoms with van der Waals surface area (Å²) < 4.78 is 10.5. The van der Waals surface area contributed by atoms with E-state index < -0.39 is 0 Å². The van der Waals surface area contributed by atoms with E-state index in [2.05, 4.69) is 15.6 Å². The first-order chi connectivity index (χ1) is 12.7. The van der Waals surface area contributed by atoms with Gasteiger partial charge in [-0.3, -0.25) is 14.9 Å². The molecule has 3 heterocycles. The third kappa shape index (κ3) is 3.50. The van der Waals surface area contributed by atoms with Crippen LogP contribution in [0, 0.1) is 0 Å². The molecule has 130 valence electrons. The van der Waals surface area contributed by atoms with E-state index in [0.717, 1.165) is 5.56 Å². The Morgan fingerprint density at radius 1 is 1.35 bits per heavy atom. The van der Waals surface area contributed by atoms with Crippen LogP contribution in [-0.4, -0.2) is 23.4 Å². The SMILES string of the molecule is O=C(/C=C/c1ccco1)Nc1nc(-c2ccc3c(c2)NC(=O)CO3)cs1. The quantitative estimate of drug-likeness (QED) is 0.690. The monoisotopic (exact) mass is 367 g/mol. The van der Waals surface area contributed by atoms with Gasteiger partial charge in [0.1, 0.15) is 11.5 Å². The Balaban J connectivity index is 1.47. The lowest BCUT2D eigenvalue weighted by Crippen LogP contribution is -2.25. The Morgan fingerprint density at radius 3 is 3.12 bits per heavy atom. The Morgan fingerprint density at radius 2 is 2.27 bits per heavy atom. The van der Waals surface area contributed by atoms with Gasteiger partial charge in [-0.2, -0.15) is 0 Å². The lowest BCUT2D eigenvalue weighted by molar-refractivity contribution is -0.118. The number of nitrogens with zero attached hydrogens (tertiary/aromatic N) is 1. The maximum atomic E-state index is 11.9. The molecule has 7 nitrogen and oxygen atoms in total. The van der Waals surface area contributed by atoms with Crippen LogP contribution in [0.2, 0.25) is 0 Å². The predicted octanol–water partition coefficient (Wildman–Crippen LogP) is 3.39. The van der Waals surface area contributed by atoms with E-state index in [-0.39, 0.29) is 18.4 Å². The Bertz CT molecular complexity index is 992. The van der Waals surface area contributed by atoms with Crippen molar-refractivity contribution in [3.05, 3.63) is 53.8 Å². The molecule has 0 saturated heterocycles. The van der Waals surface area contributed by atoms with Crippen LogP contribution in [0.1, 0.15) is 5.76 Å². The zero-order chi connectivity index (χ0) is 17.9. The van der Waals surface area contributed by atoms with Crippen LogP contribution in [0.15, 0.2) is 52.5 Å². The van der Waals surface area contributed by atoms with Crippen molar-refractivity contribution in [1.29, 1.82) is 0 Å². The van der Waals surface area contributed by atoms with Gasteiger partial charge in [0.25, 0.3) is 5.91 Å². The minimum absolute atomic E-state index is 0.0186. The van der Waals surface area contributed by atoms with Crippen LogP contribution < -0.4 is 15.4 Å². The molecule has 0 bridgehead atoms. The normalized spacial score (nSPS) is 13.2. The van der Waals surface area contributed by atoms with E-state index in [1.807, 2.05) is 11.4 Å². The number of fused-ring (bicyclic) bond motifs is 1. The van der Waals surface area contributed by atoms with Crippen molar-refractivity contribution >= 4 is 40.0 Å². The van der Waals surface area contributed by atoms with Gasteiger partial charge < -0.3 is 14.5 Å². The van der Waals surface area contributed by atoms with E-state index in [9.17, 15) is 9.59 Å². The molecule has 26 heavy (non-hydrogen) atoms. The number of aromatic nitrogens is 1. The van der Waals surface area contributed by atoms with Crippen LogP contribution in [0.5, 0.6) is 5.75 Å². The van der Waals surface area contributed by atoms with Crippen LogP contribution in [0.3, 0.4) is 0 Å². The molecule has 3 aromatic rings. The summed E-state index contributed by atoms with van der Waals surface area (Å²) in [5, 5.41) is 7.78. The summed E-state index contributed by atoms with van der Waals surface area (Å²) in [5.41, 5.74) is 2.12. The van der Waals surface area contributed by atoms with Gasteiger partial charge >= 0.3 is 0 Å². The average Bonchev–Trinajstić information content (AvgIpc) is 3.31. The molecule has 0 radical (unpaired) electrons. The zero-order valence-corrected chi connectivity index (χ0v) is 14.2. The molecule has 1 aliphatic rings. The van der Waals surface area contributed by atoms with E-state index in [1.54, 1.807) is 30.3 Å². The van der Waals surface area contributed by atoms with Gasteiger partial charge in [0, 0.05) is 17.0 Å². The van der Waals surface area contributed by atoms with Crippen molar-refractivity contribution in [3.8, 4) is 17.0 Å². The molecule has 0 fully saturated rings. The molecule has 0 unspecified atom stereocenters. The Kier molecular flexibility index (Phi) is 4.24. The summed E-state index contributed by atoms with van der Waals surface area (Å²) in [6.45, 7) is 0.0186. The van der Waals surface area contributed by atoms with Crippen molar-refractivity contribution < 1.29 is 18.7 Å². The zero-order valence-electron chi connectivity index (χ0n) is 13.4. The molecule has 2 aromatic heterocycles. The Labute approximate surface area is 152 Å². The molecule has 2 amide bonds. The summed E-state index contributed by atoms with van der Waals surface area (Å²) in [6.07, 6.45) is 4.50. The molecule has 0 spiro atoms.